The van der Waals surface area contributed by atoms with Crippen molar-refractivity contribution < 1.29 is 13.9 Å². The average Bonchev–Trinajstić information content (AvgIpc) is 2.94. The van der Waals surface area contributed by atoms with E-state index in [1.165, 1.54) is 25.0 Å². The summed E-state index contributed by atoms with van der Waals surface area (Å²) in [7, 11) is 0. The van der Waals surface area contributed by atoms with Crippen LogP contribution in [0.25, 0.3) is 0 Å². The second-order valence-corrected chi connectivity index (χ2v) is 6.79. The zero-order valence-electron chi connectivity index (χ0n) is 13.6. The van der Waals surface area contributed by atoms with Gasteiger partial charge >= 0.3 is 6.03 Å². The lowest BCUT2D eigenvalue weighted by molar-refractivity contribution is 0.0355. The van der Waals surface area contributed by atoms with E-state index in [0.717, 1.165) is 26.1 Å². The summed E-state index contributed by atoms with van der Waals surface area (Å²) in [6.45, 7) is 4.83. The van der Waals surface area contributed by atoms with Crippen LogP contribution in [0.3, 0.4) is 0 Å². The van der Waals surface area contributed by atoms with E-state index in [1.807, 2.05) is 0 Å². The van der Waals surface area contributed by atoms with E-state index in [0.29, 0.717) is 24.7 Å². The molecule has 0 radical (unpaired) electrons. The van der Waals surface area contributed by atoms with Crippen LogP contribution in [0.1, 0.15) is 19.3 Å². The highest BCUT2D eigenvalue weighted by Gasteiger charge is 2.25. The number of likely N-dealkylation sites (tertiary alicyclic amines) is 1. The highest BCUT2D eigenvalue weighted by atomic mass is 35.5. The quantitative estimate of drug-likeness (QED) is 0.905. The second-order valence-electron chi connectivity index (χ2n) is 6.35. The maximum atomic E-state index is 13.9. The summed E-state index contributed by atoms with van der Waals surface area (Å²) in [6.07, 6.45) is 3.25. The number of ether oxygens (including phenoxy) is 1. The lowest BCUT2D eigenvalue weighted by atomic mass is 10.3. The molecule has 2 fully saturated rings. The van der Waals surface area contributed by atoms with Crippen molar-refractivity contribution in [2.75, 3.05) is 44.6 Å². The Morgan fingerprint density at radius 2 is 2.08 bits per heavy atom. The molecule has 132 valence electrons. The first-order valence-electron chi connectivity index (χ1n) is 8.47. The van der Waals surface area contributed by atoms with Gasteiger partial charge in [0.25, 0.3) is 0 Å². The summed E-state index contributed by atoms with van der Waals surface area (Å²) >= 11 is 5.74. The summed E-state index contributed by atoms with van der Waals surface area (Å²) < 4.78 is 19.7. The van der Waals surface area contributed by atoms with Crippen molar-refractivity contribution in [2.45, 2.75) is 25.4 Å². The van der Waals surface area contributed by atoms with Crippen LogP contribution in [0.2, 0.25) is 5.02 Å². The molecule has 24 heavy (non-hydrogen) atoms. The molecule has 0 unspecified atom stereocenters. The van der Waals surface area contributed by atoms with Crippen molar-refractivity contribution in [3.8, 4) is 0 Å². The molecule has 1 atom stereocenters. The Balaban J connectivity index is 1.59. The largest absolute Gasteiger partial charge is 0.375 e. The molecule has 1 N–H and O–H groups in total. The topological polar surface area (TPSA) is 44.8 Å². The standard InChI is InChI=1S/C17H23ClFN3O2/c18-13-4-5-16(15(19)10-13)20-17(23)22-8-3-9-24-14(12-22)11-21-6-1-2-7-21/h4-5,10,14H,1-3,6-9,11-12H2,(H,20,23)/t14-/m1/s1. The molecule has 5 nitrogen and oxygen atoms in total. The summed E-state index contributed by atoms with van der Waals surface area (Å²) in [5, 5.41) is 2.94. The van der Waals surface area contributed by atoms with E-state index in [-0.39, 0.29) is 17.8 Å². The van der Waals surface area contributed by atoms with E-state index in [9.17, 15) is 9.18 Å². The number of nitrogens with zero attached hydrogens (tertiary/aromatic N) is 2. The molecule has 1 aromatic rings. The fraction of sp³-hybridized carbons (Fsp3) is 0.588. The van der Waals surface area contributed by atoms with Gasteiger partial charge in [0, 0.05) is 31.3 Å². The smallest absolute Gasteiger partial charge is 0.322 e. The van der Waals surface area contributed by atoms with Gasteiger partial charge in [0.05, 0.1) is 11.8 Å². The van der Waals surface area contributed by atoms with Crippen molar-refractivity contribution in [2.24, 2.45) is 0 Å². The normalized spacial score (nSPS) is 22.4. The third-order valence-electron chi connectivity index (χ3n) is 4.47. The number of carbonyl (C=O) groups is 1. The zero-order chi connectivity index (χ0) is 16.9. The first kappa shape index (κ1) is 17.5. The van der Waals surface area contributed by atoms with Gasteiger partial charge in [0.1, 0.15) is 5.82 Å². The molecular formula is C17H23ClFN3O2. The zero-order valence-corrected chi connectivity index (χ0v) is 14.4. The second kappa shape index (κ2) is 8.14. The molecular weight excluding hydrogens is 333 g/mol. The van der Waals surface area contributed by atoms with E-state index in [4.69, 9.17) is 16.3 Å². The van der Waals surface area contributed by atoms with Gasteiger partial charge in [0.15, 0.2) is 0 Å². The molecule has 0 saturated carbocycles. The van der Waals surface area contributed by atoms with Gasteiger partial charge in [-0.1, -0.05) is 11.6 Å². The molecule has 2 aliphatic rings. The van der Waals surface area contributed by atoms with Crippen LogP contribution in [0.15, 0.2) is 18.2 Å². The van der Waals surface area contributed by atoms with Gasteiger partial charge in [0.2, 0.25) is 0 Å². The molecule has 2 amide bonds. The number of urea groups is 1. The molecule has 7 heteroatoms. The van der Waals surface area contributed by atoms with Crippen LogP contribution >= 0.6 is 11.6 Å². The minimum Gasteiger partial charge on any atom is -0.375 e. The lowest BCUT2D eigenvalue weighted by Gasteiger charge is -2.27. The lowest BCUT2D eigenvalue weighted by Crippen LogP contribution is -2.43. The van der Waals surface area contributed by atoms with Crippen LogP contribution in [0, 0.1) is 5.82 Å². The van der Waals surface area contributed by atoms with Crippen LogP contribution < -0.4 is 5.32 Å². The number of hydrogen-bond donors (Lipinski definition) is 1. The van der Waals surface area contributed by atoms with E-state index >= 15 is 0 Å². The Labute approximate surface area is 146 Å². The fourth-order valence-electron chi connectivity index (χ4n) is 3.23. The predicted molar refractivity (Wildman–Crippen MR) is 92.0 cm³/mol. The van der Waals surface area contributed by atoms with Crippen molar-refractivity contribution >= 4 is 23.3 Å². The average molecular weight is 356 g/mol. The molecule has 3 rings (SSSR count). The van der Waals surface area contributed by atoms with Gasteiger partial charge in [-0.25, -0.2) is 9.18 Å². The number of benzene rings is 1. The van der Waals surface area contributed by atoms with E-state index in [2.05, 4.69) is 10.2 Å². The third-order valence-corrected chi connectivity index (χ3v) is 4.71. The molecule has 2 heterocycles. The molecule has 0 spiro atoms. The number of halogens is 2. The highest BCUT2D eigenvalue weighted by molar-refractivity contribution is 6.30. The Kier molecular flexibility index (Phi) is 5.92. The Morgan fingerprint density at radius 1 is 1.29 bits per heavy atom. The Bertz CT molecular complexity index is 581. The van der Waals surface area contributed by atoms with Gasteiger partial charge in [-0.15, -0.1) is 0 Å². The maximum Gasteiger partial charge on any atom is 0.322 e. The van der Waals surface area contributed by atoms with Gasteiger partial charge in [-0.3, -0.25) is 0 Å². The van der Waals surface area contributed by atoms with E-state index < -0.39 is 5.82 Å². The highest BCUT2D eigenvalue weighted by Crippen LogP contribution is 2.20. The SMILES string of the molecule is O=C(Nc1ccc(Cl)cc1F)N1CCCO[C@H](CN2CCCC2)C1. The summed E-state index contributed by atoms with van der Waals surface area (Å²) in [6, 6.07) is 3.93. The van der Waals surface area contributed by atoms with Gasteiger partial charge < -0.3 is 19.9 Å². The molecule has 2 aliphatic heterocycles. The van der Waals surface area contributed by atoms with Crippen molar-refractivity contribution in [1.29, 1.82) is 0 Å². The van der Waals surface area contributed by atoms with Crippen molar-refractivity contribution in [3.05, 3.63) is 29.0 Å². The maximum absolute atomic E-state index is 13.9. The van der Waals surface area contributed by atoms with E-state index in [1.54, 1.807) is 11.0 Å². The fourth-order valence-corrected chi connectivity index (χ4v) is 3.39. The molecule has 2 saturated heterocycles. The minimum atomic E-state index is -0.532. The molecule has 0 aromatic heterocycles. The van der Waals surface area contributed by atoms with Crippen LogP contribution in [0.5, 0.6) is 0 Å². The number of anilines is 1. The summed E-state index contributed by atoms with van der Waals surface area (Å²) in [5.74, 6) is -0.532. The third kappa shape index (κ3) is 4.59. The first-order valence-corrected chi connectivity index (χ1v) is 8.84. The predicted octanol–water partition coefficient (Wildman–Crippen LogP) is 3.20. The summed E-state index contributed by atoms with van der Waals surface area (Å²) in [5.41, 5.74) is 0.144. The number of hydrogen-bond acceptors (Lipinski definition) is 3. The van der Waals surface area contributed by atoms with Gasteiger partial charge in [-0.2, -0.15) is 0 Å². The van der Waals surface area contributed by atoms with Crippen LogP contribution in [-0.2, 0) is 4.74 Å². The van der Waals surface area contributed by atoms with Crippen LogP contribution in [0.4, 0.5) is 14.9 Å². The number of carbonyl (C=O) groups excluding carboxylic acids is 1. The summed E-state index contributed by atoms with van der Waals surface area (Å²) in [4.78, 5) is 16.6. The van der Waals surface area contributed by atoms with Crippen molar-refractivity contribution in [3.63, 3.8) is 0 Å². The number of amides is 2. The number of nitrogens with one attached hydrogen (secondary N) is 1. The Hall–Kier alpha value is -1.37. The molecule has 1 aromatic carbocycles. The monoisotopic (exact) mass is 355 g/mol. The number of rotatable bonds is 3. The molecule has 0 bridgehead atoms. The molecule has 0 aliphatic carbocycles. The van der Waals surface area contributed by atoms with Crippen LogP contribution in [-0.4, -0.2) is 61.3 Å². The van der Waals surface area contributed by atoms with Gasteiger partial charge in [-0.05, 0) is 50.6 Å². The minimum absolute atomic E-state index is 0.00594. The first-order chi connectivity index (χ1) is 11.6. The Morgan fingerprint density at radius 3 is 2.83 bits per heavy atom. The van der Waals surface area contributed by atoms with Crippen molar-refractivity contribution in [1.82, 2.24) is 9.80 Å².